The summed E-state index contributed by atoms with van der Waals surface area (Å²) >= 11 is 10.9. The third-order valence-corrected chi connectivity index (χ3v) is 4.80. The fourth-order valence-electron chi connectivity index (χ4n) is 1.56. The summed E-state index contributed by atoms with van der Waals surface area (Å²) in [5, 5.41) is 0.683. The van der Waals surface area contributed by atoms with Crippen molar-refractivity contribution >= 4 is 44.7 Å². The third-order valence-electron chi connectivity index (χ3n) is 2.44. The number of hydrogen-bond acceptors (Lipinski definition) is 2. The van der Waals surface area contributed by atoms with Crippen molar-refractivity contribution in [1.29, 1.82) is 0 Å². The zero-order chi connectivity index (χ0) is 12.6. The molecule has 0 bridgehead atoms. The summed E-state index contributed by atoms with van der Waals surface area (Å²) in [6.07, 6.45) is 0. The van der Waals surface area contributed by atoms with Crippen LogP contribution in [0.15, 0.2) is 28.7 Å². The van der Waals surface area contributed by atoms with E-state index in [0.717, 1.165) is 19.8 Å². The predicted molar refractivity (Wildman–Crippen MR) is 76.4 cm³/mol. The lowest BCUT2D eigenvalue weighted by molar-refractivity contribution is 0.104. The molecule has 88 valence electrons. The van der Waals surface area contributed by atoms with Gasteiger partial charge in [0.2, 0.25) is 5.78 Å². The number of halogens is 2. The molecule has 0 spiro atoms. The molecule has 17 heavy (non-hydrogen) atoms. The molecule has 1 heterocycles. The van der Waals surface area contributed by atoms with Gasteiger partial charge >= 0.3 is 0 Å². The van der Waals surface area contributed by atoms with E-state index in [9.17, 15) is 4.79 Å². The number of rotatable bonds is 2. The molecule has 0 saturated heterocycles. The van der Waals surface area contributed by atoms with Gasteiger partial charge in [0.05, 0.1) is 4.88 Å². The molecule has 0 radical (unpaired) electrons. The molecule has 0 unspecified atom stereocenters. The fraction of sp³-hybridized carbons (Fsp3) is 0.154. The maximum Gasteiger partial charge on any atom is 0.204 e. The van der Waals surface area contributed by atoms with E-state index >= 15 is 0 Å². The molecule has 2 aromatic rings. The Balaban J connectivity index is 2.44. The summed E-state index contributed by atoms with van der Waals surface area (Å²) in [6.45, 7) is 3.88. The topological polar surface area (TPSA) is 17.1 Å². The highest BCUT2D eigenvalue weighted by Crippen LogP contribution is 2.29. The molecule has 0 atom stereocenters. The SMILES string of the molecule is Cc1cc(Br)c(C(=O)c2ccc(Cl)c(C)c2)s1. The van der Waals surface area contributed by atoms with Crippen molar-refractivity contribution < 1.29 is 4.79 Å². The highest BCUT2D eigenvalue weighted by molar-refractivity contribution is 9.10. The Kier molecular flexibility index (Phi) is 3.71. The number of aryl methyl sites for hydroxylation is 2. The Morgan fingerprint density at radius 1 is 1.29 bits per heavy atom. The smallest absolute Gasteiger partial charge is 0.204 e. The number of hydrogen-bond donors (Lipinski definition) is 0. The van der Waals surface area contributed by atoms with Crippen LogP contribution >= 0.6 is 38.9 Å². The van der Waals surface area contributed by atoms with Crippen LogP contribution in [-0.4, -0.2) is 5.78 Å². The molecule has 0 aliphatic rings. The number of ketones is 1. The summed E-state index contributed by atoms with van der Waals surface area (Å²) in [5.74, 6) is 0.0368. The highest BCUT2D eigenvalue weighted by Gasteiger charge is 2.16. The van der Waals surface area contributed by atoms with E-state index < -0.39 is 0 Å². The maximum absolute atomic E-state index is 12.3. The van der Waals surface area contributed by atoms with Crippen molar-refractivity contribution in [2.24, 2.45) is 0 Å². The second kappa shape index (κ2) is 4.92. The molecule has 0 amide bonds. The minimum absolute atomic E-state index is 0.0368. The van der Waals surface area contributed by atoms with Crippen LogP contribution in [0, 0.1) is 13.8 Å². The Bertz CT molecular complexity index is 589. The van der Waals surface area contributed by atoms with E-state index in [1.807, 2.05) is 26.0 Å². The van der Waals surface area contributed by atoms with Crippen molar-refractivity contribution in [1.82, 2.24) is 0 Å². The van der Waals surface area contributed by atoms with E-state index in [2.05, 4.69) is 15.9 Å². The standard InChI is InChI=1S/C13H10BrClOS/c1-7-5-9(3-4-11(7)15)12(16)13-10(14)6-8(2)17-13/h3-6H,1-2H3. The maximum atomic E-state index is 12.3. The molecule has 0 aliphatic heterocycles. The van der Waals surface area contributed by atoms with Crippen LogP contribution in [0.1, 0.15) is 25.7 Å². The van der Waals surface area contributed by atoms with Gasteiger partial charge in [-0.15, -0.1) is 11.3 Å². The first-order chi connectivity index (χ1) is 7.99. The second-order valence-electron chi connectivity index (χ2n) is 3.83. The van der Waals surface area contributed by atoms with E-state index in [1.165, 1.54) is 11.3 Å². The molecule has 0 saturated carbocycles. The Hall–Kier alpha value is -0.640. The van der Waals surface area contributed by atoms with Crippen molar-refractivity contribution in [3.05, 3.63) is 54.6 Å². The average Bonchev–Trinajstić information content (AvgIpc) is 2.61. The van der Waals surface area contributed by atoms with Gasteiger partial charge in [-0.25, -0.2) is 0 Å². The molecule has 1 nitrogen and oxygen atoms in total. The van der Waals surface area contributed by atoms with Gasteiger partial charge in [-0.05, 0) is 59.6 Å². The van der Waals surface area contributed by atoms with Gasteiger partial charge in [0.25, 0.3) is 0 Å². The first-order valence-electron chi connectivity index (χ1n) is 5.06. The van der Waals surface area contributed by atoms with Crippen LogP contribution < -0.4 is 0 Å². The third kappa shape index (κ3) is 2.62. The van der Waals surface area contributed by atoms with Crippen LogP contribution in [0.25, 0.3) is 0 Å². The molecule has 4 heteroatoms. The average molecular weight is 330 g/mol. The molecule has 1 aromatic heterocycles. The largest absolute Gasteiger partial charge is 0.288 e. The Labute approximate surface area is 118 Å². The van der Waals surface area contributed by atoms with E-state index in [1.54, 1.807) is 12.1 Å². The molecule has 0 N–H and O–H groups in total. The minimum Gasteiger partial charge on any atom is -0.288 e. The Morgan fingerprint density at radius 3 is 2.53 bits per heavy atom. The number of carbonyl (C=O) groups excluding carboxylic acids is 1. The van der Waals surface area contributed by atoms with E-state index in [4.69, 9.17) is 11.6 Å². The number of benzene rings is 1. The molecular formula is C13H10BrClOS. The van der Waals surface area contributed by atoms with Crippen molar-refractivity contribution in [2.45, 2.75) is 13.8 Å². The van der Waals surface area contributed by atoms with Gasteiger partial charge in [-0.1, -0.05) is 11.6 Å². The highest BCUT2D eigenvalue weighted by atomic mass is 79.9. The fourth-order valence-corrected chi connectivity index (χ4v) is 3.46. The van der Waals surface area contributed by atoms with Crippen molar-refractivity contribution in [3.63, 3.8) is 0 Å². The molecule has 1 aromatic carbocycles. The van der Waals surface area contributed by atoms with Crippen LogP contribution in [0.5, 0.6) is 0 Å². The van der Waals surface area contributed by atoms with Gasteiger partial charge < -0.3 is 0 Å². The number of thiophene rings is 1. The summed E-state index contributed by atoms with van der Waals surface area (Å²) in [5.41, 5.74) is 1.59. The first-order valence-corrected chi connectivity index (χ1v) is 7.04. The monoisotopic (exact) mass is 328 g/mol. The van der Waals surface area contributed by atoms with Gasteiger partial charge in [0, 0.05) is 19.9 Å². The van der Waals surface area contributed by atoms with E-state index in [0.29, 0.717) is 10.6 Å². The predicted octanol–water partition coefficient (Wildman–Crippen LogP) is 5.01. The molecule has 2 rings (SSSR count). The lowest BCUT2D eigenvalue weighted by atomic mass is 10.1. The van der Waals surface area contributed by atoms with Crippen molar-refractivity contribution in [2.75, 3.05) is 0 Å². The normalized spacial score (nSPS) is 10.6. The van der Waals surface area contributed by atoms with Crippen LogP contribution in [-0.2, 0) is 0 Å². The summed E-state index contributed by atoms with van der Waals surface area (Å²) in [4.78, 5) is 14.1. The van der Waals surface area contributed by atoms with Gasteiger partial charge in [0.1, 0.15) is 0 Å². The quantitative estimate of drug-likeness (QED) is 0.708. The summed E-state index contributed by atoms with van der Waals surface area (Å²) in [7, 11) is 0. The first kappa shape index (κ1) is 12.8. The summed E-state index contributed by atoms with van der Waals surface area (Å²) in [6, 6.07) is 7.31. The summed E-state index contributed by atoms with van der Waals surface area (Å²) < 4.78 is 0.859. The zero-order valence-corrected chi connectivity index (χ0v) is 12.5. The van der Waals surface area contributed by atoms with Crippen LogP contribution in [0.2, 0.25) is 5.02 Å². The Morgan fingerprint density at radius 2 is 2.00 bits per heavy atom. The lowest BCUT2D eigenvalue weighted by Gasteiger charge is -2.02. The number of carbonyl (C=O) groups is 1. The molecule has 0 fully saturated rings. The molecular weight excluding hydrogens is 320 g/mol. The van der Waals surface area contributed by atoms with Crippen LogP contribution in [0.4, 0.5) is 0 Å². The van der Waals surface area contributed by atoms with Gasteiger partial charge in [0.15, 0.2) is 0 Å². The van der Waals surface area contributed by atoms with Gasteiger partial charge in [-0.2, -0.15) is 0 Å². The second-order valence-corrected chi connectivity index (χ2v) is 6.35. The van der Waals surface area contributed by atoms with Crippen molar-refractivity contribution in [3.8, 4) is 0 Å². The van der Waals surface area contributed by atoms with Crippen LogP contribution in [0.3, 0.4) is 0 Å². The minimum atomic E-state index is 0.0368. The zero-order valence-electron chi connectivity index (χ0n) is 9.38. The lowest BCUT2D eigenvalue weighted by Crippen LogP contribution is -1.99. The van der Waals surface area contributed by atoms with Gasteiger partial charge in [-0.3, -0.25) is 4.79 Å². The molecule has 0 aliphatic carbocycles. The van der Waals surface area contributed by atoms with E-state index in [-0.39, 0.29) is 5.78 Å².